The van der Waals surface area contributed by atoms with Crippen molar-refractivity contribution in [2.24, 2.45) is 0 Å². The molecular formula is C31H32FN3O4. The number of carbonyl (C=O) groups excluding carboxylic acids is 2. The topological polar surface area (TPSA) is 71.1 Å². The molecule has 3 aromatic rings. The molecule has 0 aromatic heterocycles. The number of anilines is 1. The molecule has 1 N–H and O–H groups in total. The van der Waals surface area contributed by atoms with Gasteiger partial charge in [0.2, 0.25) is 0 Å². The molecule has 2 aliphatic heterocycles. The molecular weight excluding hydrogens is 497 g/mol. The Balaban J connectivity index is 1.28. The number of hydrogen-bond acceptors (Lipinski definition) is 5. The predicted molar refractivity (Wildman–Crippen MR) is 148 cm³/mol. The molecule has 2 aliphatic rings. The van der Waals surface area contributed by atoms with Crippen molar-refractivity contribution in [2.45, 2.75) is 19.9 Å². The van der Waals surface area contributed by atoms with Crippen LogP contribution in [0.5, 0.6) is 5.75 Å². The molecule has 5 rings (SSSR count). The van der Waals surface area contributed by atoms with E-state index in [1.165, 1.54) is 12.1 Å². The van der Waals surface area contributed by atoms with Crippen LogP contribution in [0, 0.1) is 5.82 Å². The van der Waals surface area contributed by atoms with E-state index in [-0.39, 0.29) is 29.9 Å². The van der Waals surface area contributed by atoms with Gasteiger partial charge < -0.3 is 14.8 Å². The van der Waals surface area contributed by atoms with Crippen molar-refractivity contribution in [1.29, 1.82) is 0 Å². The molecule has 0 aliphatic carbocycles. The summed E-state index contributed by atoms with van der Waals surface area (Å²) in [6.07, 6.45) is 0.879. The first-order valence-electron chi connectivity index (χ1n) is 13.2. The quantitative estimate of drug-likeness (QED) is 0.340. The summed E-state index contributed by atoms with van der Waals surface area (Å²) in [6.45, 7) is 7.06. The van der Waals surface area contributed by atoms with Gasteiger partial charge in [0, 0.05) is 30.8 Å². The van der Waals surface area contributed by atoms with E-state index in [4.69, 9.17) is 9.47 Å². The van der Waals surface area contributed by atoms with Crippen LogP contribution < -0.4 is 15.0 Å². The summed E-state index contributed by atoms with van der Waals surface area (Å²) < 4.78 is 24.9. The van der Waals surface area contributed by atoms with E-state index in [1.807, 2.05) is 43.3 Å². The molecule has 0 bridgehead atoms. The van der Waals surface area contributed by atoms with Crippen molar-refractivity contribution in [2.75, 3.05) is 44.3 Å². The summed E-state index contributed by atoms with van der Waals surface area (Å²) in [6, 6.07) is 20.6. The van der Waals surface area contributed by atoms with E-state index < -0.39 is 0 Å². The van der Waals surface area contributed by atoms with Gasteiger partial charge in [-0.25, -0.2) is 4.39 Å². The monoisotopic (exact) mass is 529 g/mol. The van der Waals surface area contributed by atoms with Crippen LogP contribution in [0.25, 0.3) is 5.57 Å². The molecule has 0 radical (unpaired) electrons. The van der Waals surface area contributed by atoms with Gasteiger partial charge in [0.1, 0.15) is 5.82 Å². The maximum absolute atomic E-state index is 13.6. The minimum atomic E-state index is -0.325. The SMILES string of the molecule is CC(=C1Oc2ccccc2N(Cc2ccc(F)cc2)C1=O)c1ccc(C(=O)NCCCN2CCOCC2)cc1. The van der Waals surface area contributed by atoms with Gasteiger partial charge in [-0.15, -0.1) is 0 Å². The van der Waals surface area contributed by atoms with Gasteiger partial charge in [-0.05, 0) is 67.4 Å². The number of nitrogens with zero attached hydrogens (tertiary/aromatic N) is 2. The van der Waals surface area contributed by atoms with E-state index >= 15 is 0 Å². The fourth-order valence-corrected chi connectivity index (χ4v) is 4.75. The minimum absolute atomic E-state index is 0.127. The number of ether oxygens (including phenoxy) is 2. The molecule has 39 heavy (non-hydrogen) atoms. The first-order chi connectivity index (χ1) is 19.0. The van der Waals surface area contributed by atoms with Crippen LogP contribution in [0.4, 0.5) is 10.1 Å². The number of morpholine rings is 1. The van der Waals surface area contributed by atoms with Crippen LogP contribution in [0.1, 0.15) is 34.8 Å². The first-order valence-corrected chi connectivity index (χ1v) is 13.2. The summed E-state index contributed by atoms with van der Waals surface area (Å²) in [5.74, 6) is 0.0580. The van der Waals surface area contributed by atoms with Crippen molar-refractivity contribution in [3.05, 3.63) is 101 Å². The second-order valence-corrected chi connectivity index (χ2v) is 9.68. The summed E-state index contributed by atoms with van der Waals surface area (Å²) in [5, 5.41) is 2.98. The number of benzene rings is 3. The Bertz CT molecular complexity index is 1350. The van der Waals surface area contributed by atoms with E-state index in [1.54, 1.807) is 29.2 Å². The molecule has 1 fully saturated rings. The summed E-state index contributed by atoms with van der Waals surface area (Å²) in [4.78, 5) is 30.2. The Morgan fingerprint density at radius 3 is 2.38 bits per heavy atom. The van der Waals surface area contributed by atoms with Crippen molar-refractivity contribution in [3.8, 4) is 5.75 Å². The Kier molecular flexibility index (Phi) is 8.34. The third-order valence-corrected chi connectivity index (χ3v) is 7.02. The van der Waals surface area contributed by atoms with Crippen LogP contribution >= 0.6 is 0 Å². The largest absolute Gasteiger partial charge is 0.449 e. The molecule has 2 amide bonds. The van der Waals surface area contributed by atoms with E-state index in [0.29, 0.717) is 29.1 Å². The van der Waals surface area contributed by atoms with Crippen molar-refractivity contribution >= 4 is 23.1 Å². The molecule has 0 atom stereocenters. The summed E-state index contributed by atoms with van der Waals surface area (Å²) >= 11 is 0. The highest BCUT2D eigenvalue weighted by Crippen LogP contribution is 2.38. The lowest BCUT2D eigenvalue weighted by atomic mass is 10.0. The van der Waals surface area contributed by atoms with Gasteiger partial charge in [-0.3, -0.25) is 19.4 Å². The molecule has 3 aromatic carbocycles. The maximum Gasteiger partial charge on any atom is 0.294 e. The fourth-order valence-electron chi connectivity index (χ4n) is 4.75. The zero-order valence-electron chi connectivity index (χ0n) is 22.0. The van der Waals surface area contributed by atoms with E-state index in [0.717, 1.165) is 50.4 Å². The Morgan fingerprint density at radius 1 is 0.949 bits per heavy atom. The second kappa shape index (κ2) is 12.2. The highest BCUT2D eigenvalue weighted by Gasteiger charge is 2.32. The first kappa shape index (κ1) is 26.6. The lowest BCUT2D eigenvalue weighted by molar-refractivity contribution is -0.117. The highest BCUT2D eigenvalue weighted by atomic mass is 19.1. The molecule has 0 unspecified atom stereocenters. The second-order valence-electron chi connectivity index (χ2n) is 9.68. The summed E-state index contributed by atoms with van der Waals surface area (Å²) in [7, 11) is 0. The molecule has 0 spiro atoms. The lowest BCUT2D eigenvalue weighted by Crippen LogP contribution is -2.38. The Morgan fingerprint density at radius 2 is 1.64 bits per heavy atom. The Labute approximate surface area is 227 Å². The number of allylic oxidation sites excluding steroid dienone is 1. The van der Waals surface area contributed by atoms with Gasteiger partial charge in [0.25, 0.3) is 11.8 Å². The number of nitrogens with one attached hydrogen (secondary N) is 1. The third-order valence-electron chi connectivity index (χ3n) is 7.02. The number of para-hydroxylation sites is 2. The fraction of sp³-hybridized carbons (Fsp3) is 0.290. The summed E-state index contributed by atoms with van der Waals surface area (Å²) in [5.41, 5.74) is 3.46. The Hall–Kier alpha value is -4.01. The van der Waals surface area contributed by atoms with E-state index in [9.17, 15) is 14.0 Å². The van der Waals surface area contributed by atoms with E-state index in [2.05, 4.69) is 10.2 Å². The van der Waals surface area contributed by atoms with Gasteiger partial charge in [0.15, 0.2) is 11.5 Å². The van der Waals surface area contributed by atoms with Crippen molar-refractivity contribution < 1.29 is 23.5 Å². The average molecular weight is 530 g/mol. The smallest absolute Gasteiger partial charge is 0.294 e. The minimum Gasteiger partial charge on any atom is -0.449 e. The van der Waals surface area contributed by atoms with Crippen LogP contribution in [-0.2, 0) is 16.1 Å². The van der Waals surface area contributed by atoms with Gasteiger partial charge in [0.05, 0.1) is 25.4 Å². The average Bonchev–Trinajstić information content (AvgIpc) is 2.98. The van der Waals surface area contributed by atoms with Crippen LogP contribution in [0.15, 0.2) is 78.6 Å². The van der Waals surface area contributed by atoms with Gasteiger partial charge in [-0.2, -0.15) is 0 Å². The predicted octanol–water partition coefficient (Wildman–Crippen LogP) is 4.63. The molecule has 2 heterocycles. The lowest BCUT2D eigenvalue weighted by Gasteiger charge is -2.31. The third kappa shape index (κ3) is 6.35. The molecule has 7 nitrogen and oxygen atoms in total. The van der Waals surface area contributed by atoms with Crippen molar-refractivity contribution in [3.63, 3.8) is 0 Å². The van der Waals surface area contributed by atoms with Crippen LogP contribution in [-0.4, -0.2) is 56.1 Å². The zero-order chi connectivity index (χ0) is 27.2. The molecule has 8 heteroatoms. The molecule has 202 valence electrons. The highest BCUT2D eigenvalue weighted by molar-refractivity contribution is 6.11. The van der Waals surface area contributed by atoms with Crippen LogP contribution in [0.2, 0.25) is 0 Å². The van der Waals surface area contributed by atoms with Crippen molar-refractivity contribution in [1.82, 2.24) is 10.2 Å². The number of carbonyl (C=O) groups is 2. The normalized spacial score (nSPS) is 16.9. The molecule has 0 saturated carbocycles. The maximum atomic E-state index is 13.6. The van der Waals surface area contributed by atoms with Gasteiger partial charge in [-0.1, -0.05) is 36.4 Å². The number of amides is 2. The number of halogens is 1. The van der Waals surface area contributed by atoms with Gasteiger partial charge >= 0.3 is 0 Å². The molecule has 1 saturated heterocycles. The van der Waals surface area contributed by atoms with Crippen LogP contribution in [0.3, 0.4) is 0 Å². The number of fused-ring (bicyclic) bond motifs is 1. The number of hydrogen-bond donors (Lipinski definition) is 1. The standard InChI is InChI=1S/C31H32FN3O4/c1-22(24-9-11-25(12-10-24)30(36)33-15-4-16-34-17-19-38-20-18-34)29-31(37)35(21-23-7-13-26(32)14-8-23)27-5-2-3-6-28(27)39-29/h2-3,5-14H,4,15-21H2,1H3,(H,33,36). The zero-order valence-corrected chi connectivity index (χ0v) is 22.0. The number of rotatable bonds is 8.